The van der Waals surface area contributed by atoms with E-state index in [2.05, 4.69) is 17.0 Å². The maximum atomic E-state index is 11.5. The van der Waals surface area contributed by atoms with Crippen LogP contribution in [0.25, 0.3) is 5.52 Å². The molecule has 0 saturated heterocycles. The van der Waals surface area contributed by atoms with Gasteiger partial charge in [0.1, 0.15) is 12.1 Å². The van der Waals surface area contributed by atoms with Crippen LogP contribution in [0.15, 0.2) is 18.5 Å². The predicted molar refractivity (Wildman–Crippen MR) is 72.2 cm³/mol. The highest BCUT2D eigenvalue weighted by Gasteiger charge is 2.16. The second-order valence-electron chi connectivity index (χ2n) is 4.36. The minimum Gasteiger partial charge on any atom is -0.468 e. The van der Waals surface area contributed by atoms with Gasteiger partial charge in [-0.25, -0.2) is 9.50 Å². The number of aromatic nitrogens is 3. The zero-order valence-corrected chi connectivity index (χ0v) is 11.5. The molecule has 0 amide bonds. The van der Waals surface area contributed by atoms with Gasteiger partial charge in [-0.2, -0.15) is 5.10 Å². The van der Waals surface area contributed by atoms with Gasteiger partial charge >= 0.3 is 5.97 Å². The molecule has 0 atom stereocenters. The quantitative estimate of drug-likeness (QED) is 0.763. The summed E-state index contributed by atoms with van der Waals surface area (Å²) in [6.07, 6.45) is 4.41. The predicted octanol–water partition coefficient (Wildman–Crippen LogP) is 1.43. The normalized spacial score (nSPS) is 10.7. The van der Waals surface area contributed by atoms with Gasteiger partial charge in [-0.3, -0.25) is 4.79 Å². The van der Waals surface area contributed by atoms with E-state index < -0.39 is 0 Å². The molecular formula is C13H18N4O2. The zero-order chi connectivity index (χ0) is 13.8. The minimum absolute atomic E-state index is 0.196. The molecule has 0 fully saturated rings. The van der Waals surface area contributed by atoms with Crippen LogP contribution in [0, 0.1) is 6.92 Å². The Kier molecular flexibility index (Phi) is 3.99. The smallest absolute Gasteiger partial charge is 0.325 e. The second-order valence-corrected chi connectivity index (χ2v) is 4.36. The molecule has 0 saturated carbocycles. The fourth-order valence-electron chi connectivity index (χ4n) is 2.02. The molecule has 0 bridgehead atoms. The van der Waals surface area contributed by atoms with Crippen LogP contribution < -0.4 is 4.90 Å². The average molecular weight is 262 g/mol. The van der Waals surface area contributed by atoms with Crippen LogP contribution in [0.1, 0.15) is 19.0 Å². The Labute approximate surface area is 112 Å². The van der Waals surface area contributed by atoms with E-state index in [4.69, 9.17) is 4.74 Å². The molecule has 2 aromatic heterocycles. The first-order valence-electron chi connectivity index (χ1n) is 6.28. The molecule has 0 radical (unpaired) electrons. The van der Waals surface area contributed by atoms with Gasteiger partial charge in [0.25, 0.3) is 0 Å². The molecule has 0 aliphatic rings. The van der Waals surface area contributed by atoms with Crippen molar-refractivity contribution in [3.63, 3.8) is 0 Å². The SMILES string of the molecule is CCCN(CC(=O)OC)c1nccn2nc(C)cc12. The number of carbonyl (C=O) groups is 1. The number of hydrogen-bond acceptors (Lipinski definition) is 5. The standard InChI is InChI=1S/C13H18N4O2/c1-4-6-16(9-12(18)19-3)13-11-8-10(2)15-17(11)7-5-14-13/h5,7-8H,4,6,9H2,1-3H3. The topological polar surface area (TPSA) is 59.7 Å². The fourth-order valence-corrected chi connectivity index (χ4v) is 2.02. The van der Waals surface area contributed by atoms with Crippen molar-refractivity contribution in [3.05, 3.63) is 24.2 Å². The van der Waals surface area contributed by atoms with Crippen molar-refractivity contribution in [2.75, 3.05) is 25.1 Å². The maximum Gasteiger partial charge on any atom is 0.325 e. The van der Waals surface area contributed by atoms with Crippen LogP contribution in [0.5, 0.6) is 0 Å². The van der Waals surface area contributed by atoms with Gasteiger partial charge in [0.15, 0.2) is 5.82 Å². The summed E-state index contributed by atoms with van der Waals surface area (Å²) in [5, 5.41) is 4.35. The van der Waals surface area contributed by atoms with Crippen molar-refractivity contribution >= 4 is 17.3 Å². The summed E-state index contributed by atoms with van der Waals surface area (Å²) < 4.78 is 6.51. The number of ether oxygens (including phenoxy) is 1. The van der Waals surface area contributed by atoms with Gasteiger partial charge in [-0.05, 0) is 19.4 Å². The number of rotatable bonds is 5. The largest absolute Gasteiger partial charge is 0.468 e. The van der Waals surface area contributed by atoms with Crippen LogP contribution >= 0.6 is 0 Å². The summed E-state index contributed by atoms with van der Waals surface area (Å²) in [6, 6.07) is 1.96. The summed E-state index contributed by atoms with van der Waals surface area (Å²) in [6.45, 7) is 4.93. The Morgan fingerprint density at radius 1 is 1.53 bits per heavy atom. The fraction of sp³-hybridized carbons (Fsp3) is 0.462. The van der Waals surface area contributed by atoms with E-state index in [-0.39, 0.29) is 12.5 Å². The second kappa shape index (κ2) is 5.69. The van der Waals surface area contributed by atoms with Gasteiger partial charge in [-0.15, -0.1) is 0 Å². The molecule has 0 N–H and O–H groups in total. The molecule has 2 rings (SSSR count). The van der Waals surface area contributed by atoms with Crippen LogP contribution in [-0.2, 0) is 9.53 Å². The Balaban J connectivity index is 2.40. The minimum atomic E-state index is -0.270. The Hall–Kier alpha value is -2.11. The third-order valence-corrected chi connectivity index (χ3v) is 2.83. The third-order valence-electron chi connectivity index (χ3n) is 2.83. The summed E-state index contributed by atoms with van der Waals surface area (Å²) in [4.78, 5) is 17.8. The highest BCUT2D eigenvalue weighted by atomic mass is 16.5. The van der Waals surface area contributed by atoms with Gasteiger partial charge < -0.3 is 9.64 Å². The summed E-state index contributed by atoms with van der Waals surface area (Å²) in [7, 11) is 1.39. The molecule has 0 aromatic carbocycles. The van der Waals surface area contributed by atoms with E-state index in [9.17, 15) is 4.79 Å². The van der Waals surface area contributed by atoms with Crippen LogP contribution in [0.4, 0.5) is 5.82 Å². The lowest BCUT2D eigenvalue weighted by atomic mass is 10.3. The van der Waals surface area contributed by atoms with Crippen molar-refractivity contribution in [1.82, 2.24) is 14.6 Å². The summed E-state index contributed by atoms with van der Waals surface area (Å²) >= 11 is 0. The first-order chi connectivity index (χ1) is 9.15. The molecule has 0 aliphatic heterocycles. The van der Waals surface area contributed by atoms with Gasteiger partial charge in [0, 0.05) is 18.9 Å². The average Bonchev–Trinajstić information content (AvgIpc) is 2.78. The highest BCUT2D eigenvalue weighted by molar-refractivity contribution is 5.78. The van der Waals surface area contributed by atoms with E-state index in [0.29, 0.717) is 0 Å². The molecule has 0 unspecified atom stereocenters. The molecule has 0 spiro atoms. The Morgan fingerprint density at radius 2 is 2.32 bits per heavy atom. The highest BCUT2D eigenvalue weighted by Crippen LogP contribution is 2.19. The number of methoxy groups -OCH3 is 1. The number of anilines is 1. The Morgan fingerprint density at radius 3 is 3.00 bits per heavy atom. The molecule has 19 heavy (non-hydrogen) atoms. The lowest BCUT2D eigenvalue weighted by molar-refractivity contribution is -0.138. The van der Waals surface area contributed by atoms with E-state index in [0.717, 1.165) is 30.0 Å². The van der Waals surface area contributed by atoms with E-state index in [1.807, 2.05) is 17.9 Å². The first kappa shape index (κ1) is 13.3. The lowest BCUT2D eigenvalue weighted by Crippen LogP contribution is -2.32. The van der Waals surface area contributed by atoms with E-state index in [1.165, 1.54) is 7.11 Å². The van der Waals surface area contributed by atoms with Crippen molar-refractivity contribution in [2.24, 2.45) is 0 Å². The van der Waals surface area contributed by atoms with Gasteiger partial charge in [-0.1, -0.05) is 6.92 Å². The number of hydrogen-bond donors (Lipinski definition) is 0. The molecule has 2 heterocycles. The van der Waals surface area contributed by atoms with Crippen LogP contribution in [0.3, 0.4) is 0 Å². The van der Waals surface area contributed by atoms with Crippen molar-refractivity contribution in [3.8, 4) is 0 Å². The number of esters is 1. The van der Waals surface area contributed by atoms with Gasteiger partial charge in [0.2, 0.25) is 0 Å². The van der Waals surface area contributed by atoms with Crippen molar-refractivity contribution < 1.29 is 9.53 Å². The molecule has 0 aliphatic carbocycles. The number of carbonyl (C=O) groups excluding carboxylic acids is 1. The zero-order valence-electron chi connectivity index (χ0n) is 11.5. The van der Waals surface area contributed by atoms with Crippen LogP contribution in [0.2, 0.25) is 0 Å². The third kappa shape index (κ3) is 2.83. The summed E-state index contributed by atoms with van der Waals surface area (Å²) in [5.41, 5.74) is 1.82. The van der Waals surface area contributed by atoms with E-state index >= 15 is 0 Å². The molecule has 6 heteroatoms. The molecular weight excluding hydrogens is 244 g/mol. The number of fused-ring (bicyclic) bond motifs is 1. The molecule has 2 aromatic rings. The van der Waals surface area contributed by atoms with Crippen molar-refractivity contribution in [2.45, 2.75) is 20.3 Å². The monoisotopic (exact) mass is 262 g/mol. The summed E-state index contributed by atoms with van der Waals surface area (Å²) in [5.74, 6) is 0.490. The maximum absolute atomic E-state index is 11.5. The number of nitrogens with zero attached hydrogens (tertiary/aromatic N) is 4. The molecule has 102 valence electrons. The Bertz CT molecular complexity index is 579. The van der Waals surface area contributed by atoms with Crippen molar-refractivity contribution in [1.29, 1.82) is 0 Å². The first-order valence-corrected chi connectivity index (χ1v) is 6.28. The van der Waals surface area contributed by atoms with Crippen LogP contribution in [-0.4, -0.2) is 40.8 Å². The lowest BCUT2D eigenvalue weighted by Gasteiger charge is -2.22. The molecule has 6 nitrogen and oxygen atoms in total. The van der Waals surface area contributed by atoms with Gasteiger partial charge in [0.05, 0.1) is 12.8 Å². The van der Waals surface area contributed by atoms with E-state index in [1.54, 1.807) is 16.9 Å². The number of aryl methyl sites for hydroxylation is 1.